The smallest absolute Gasteiger partial charge is 0.223 e. The van der Waals surface area contributed by atoms with Crippen molar-refractivity contribution in [3.8, 4) is 0 Å². The first-order valence-corrected chi connectivity index (χ1v) is 7.93. The Labute approximate surface area is 109 Å². The van der Waals surface area contributed by atoms with Gasteiger partial charge in [-0.05, 0) is 32.4 Å². The largest absolute Gasteiger partial charge is 0.355 e. The molecule has 0 aromatic heterocycles. The quantitative estimate of drug-likeness (QED) is 0.702. The average molecular weight is 277 g/mol. The number of carbonyl (C=O) groups excluding carboxylic acids is 1. The normalized spacial score (nSPS) is 21.6. The molecule has 0 aromatic rings. The molecular formula is C11H23N3O3S. The Hall–Kier alpha value is -0.660. The number of nitrogens with one attached hydrogen (secondary N) is 2. The molecule has 0 radical (unpaired) electrons. The van der Waals surface area contributed by atoms with E-state index in [9.17, 15) is 13.2 Å². The molecule has 1 fully saturated rings. The number of sulfonamides is 1. The molecule has 18 heavy (non-hydrogen) atoms. The van der Waals surface area contributed by atoms with Gasteiger partial charge in [-0.25, -0.2) is 12.7 Å². The van der Waals surface area contributed by atoms with E-state index in [-0.39, 0.29) is 24.1 Å². The zero-order valence-corrected chi connectivity index (χ0v) is 11.9. The number of rotatable bonds is 5. The number of amides is 1. The molecule has 1 saturated heterocycles. The van der Waals surface area contributed by atoms with Crippen molar-refractivity contribution in [2.24, 2.45) is 5.92 Å². The summed E-state index contributed by atoms with van der Waals surface area (Å²) in [6.07, 6.45) is 2.69. The predicted molar refractivity (Wildman–Crippen MR) is 70.7 cm³/mol. The topological polar surface area (TPSA) is 78.5 Å². The van der Waals surface area contributed by atoms with Gasteiger partial charge in [0.25, 0.3) is 0 Å². The second-order valence-electron chi connectivity index (χ2n) is 4.77. The van der Waals surface area contributed by atoms with Crippen molar-refractivity contribution in [2.45, 2.75) is 19.3 Å². The van der Waals surface area contributed by atoms with E-state index >= 15 is 0 Å². The van der Waals surface area contributed by atoms with E-state index in [1.165, 1.54) is 18.4 Å². The second kappa shape index (κ2) is 7.06. The Balaban J connectivity index is 2.32. The lowest BCUT2D eigenvalue weighted by molar-refractivity contribution is -0.125. The van der Waals surface area contributed by atoms with E-state index in [2.05, 4.69) is 10.6 Å². The van der Waals surface area contributed by atoms with E-state index < -0.39 is 10.0 Å². The Morgan fingerprint density at radius 1 is 1.33 bits per heavy atom. The van der Waals surface area contributed by atoms with Gasteiger partial charge < -0.3 is 10.6 Å². The SMILES string of the molecule is CN(C)S(=O)(=O)CCNC(=O)C1CCCNCC1. The fourth-order valence-corrected chi connectivity index (χ4v) is 2.64. The maximum Gasteiger partial charge on any atom is 0.223 e. The van der Waals surface area contributed by atoms with Gasteiger partial charge in [-0.2, -0.15) is 0 Å². The average Bonchev–Trinajstić information content (AvgIpc) is 2.56. The van der Waals surface area contributed by atoms with Gasteiger partial charge in [-0.3, -0.25) is 4.79 Å². The van der Waals surface area contributed by atoms with Crippen molar-refractivity contribution >= 4 is 15.9 Å². The van der Waals surface area contributed by atoms with Gasteiger partial charge in [0.2, 0.25) is 15.9 Å². The summed E-state index contributed by atoms with van der Waals surface area (Å²) in [7, 11) is -0.237. The Kier molecular flexibility index (Phi) is 6.04. The molecular weight excluding hydrogens is 254 g/mol. The monoisotopic (exact) mass is 277 g/mol. The molecule has 0 aromatic carbocycles. The van der Waals surface area contributed by atoms with Crippen LogP contribution in [0.2, 0.25) is 0 Å². The molecule has 106 valence electrons. The van der Waals surface area contributed by atoms with Gasteiger partial charge in [0.05, 0.1) is 5.75 Å². The van der Waals surface area contributed by atoms with Crippen LogP contribution in [0.15, 0.2) is 0 Å². The minimum atomic E-state index is -3.23. The molecule has 0 aliphatic carbocycles. The van der Waals surface area contributed by atoms with E-state index in [1.54, 1.807) is 0 Å². The predicted octanol–water partition coefficient (Wildman–Crippen LogP) is -0.616. The second-order valence-corrected chi connectivity index (χ2v) is 7.07. The van der Waals surface area contributed by atoms with Crippen molar-refractivity contribution < 1.29 is 13.2 Å². The van der Waals surface area contributed by atoms with Crippen molar-refractivity contribution in [2.75, 3.05) is 39.5 Å². The molecule has 1 unspecified atom stereocenters. The van der Waals surface area contributed by atoms with Gasteiger partial charge in [-0.15, -0.1) is 0 Å². The van der Waals surface area contributed by atoms with Crippen LogP contribution in [0.4, 0.5) is 0 Å². The summed E-state index contributed by atoms with van der Waals surface area (Å²) in [6, 6.07) is 0. The number of hydrogen-bond acceptors (Lipinski definition) is 4. The fourth-order valence-electron chi connectivity index (χ4n) is 1.91. The van der Waals surface area contributed by atoms with E-state index in [4.69, 9.17) is 0 Å². The van der Waals surface area contributed by atoms with Crippen molar-refractivity contribution in [3.63, 3.8) is 0 Å². The van der Waals surface area contributed by atoms with E-state index in [1.807, 2.05) is 0 Å². The maximum atomic E-state index is 11.9. The lowest BCUT2D eigenvalue weighted by Crippen LogP contribution is -2.37. The molecule has 1 rings (SSSR count). The summed E-state index contributed by atoms with van der Waals surface area (Å²) in [5, 5.41) is 5.96. The molecule has 0 bridgehead atoms. The van der Waals surface area contributed by atoms with Crippen molar-refractivity contribution in [1.82, 2.24) is 14.9 Å². The van der Waals surface area contributed by atoms with Crippen LogP contribution in [-0.4, -0.2) is 58.1 Å². The van der Waals surface area contributed by atoms with Crippen LogP contribution in [0.3, 0.4) is 0 Å². The molecule has 1 aliphatic heterocycles. The van der Waals surface area contributed by atoms with Crippen LogP contribution < -0.4 is 10.6 Å². The summed E-state index contributed by atoms with van der Waals surface area (Å²) in [4.78, 5) is 11.9. The highest BCUT2D eigenvalue weighted by atomic mass is 32.2. The van der Waals surface area contributed by atoms with Gasteiger partial charge in [-0.1, -0.05) is 0 Å². The van der Waals surface area contributed by atoms with Crippen LogP contribution in [0, 0.1) is 5.92 Å². The Bertz CT molecular complexity index is 360. The molecule has 0 spiro atoms. The maximum absolute atomic E-state index is 11.9. The number of hydrogen-bond donors (Lipinski definition) is 2. The van der Waals surface area contributed by atoms with Crippen LogP contribution in [0.5, 0.6) is 0 Å². The first kappa shape index (κ1) is 15.4. The summed E-state index contributed by atoms with van der Waals surface area (Å²) >= 11 is 0. The summed E-state index contributed by atoms with van der Waals surface area (Å²) in [5.74, 6) is -0.0498. The zero-order valence-electron chi connectivity index (χ0n) is 11.1. The third-order valence-corrected chi connectivity index (χ3v) is 4.99. The fraction of sp³-hybridized carbons (Fsp3) is 0.909. The summed E-state index contributed by atoms with van der Waals surface area (Å²) in [5.41, 5.74) is 0. The Morgan fingerprint density at radius 3 is 2.72 bits per heavy atom. The first-order valence-electron chi connectivity index (χ1n) is 6.32. The number of carbonyl (C=O) groups is 1. The standard InChI is InChI=1S/C11H23N3O3S/c1-14(2)18(16,17)9-8-13-11(15)10-4-3-6-12-7-5-10/h10,12H,3-9H2,1-2H3,(H,13,15). The van der Waals surface area contributed by atoms with Gasteiger partial charge in [0, 0.05) is 26.6 Å². The van der Waals surface area contributed by atoms with Gasteiger partial charge in [0.15, 0.2) is 0 Å². The lowest BCUT2D eigenvalue weighted by Gasteiger charge is -2.15. The van der Waals surface area contributed by atoms with Gasteiger partial charge in [0.1, 0.15) is 0 Å². The highest BCUT2D eigenvalue weighted by Gasteiger charge is 2.20. The molecule has 7 heteroatoms. The van der Waals surface area contributed by atoms with Crippen LogP contribution in [0.25, 0.3) is 0 Å². The summed E-state index contributed by atoms with van der Waals surface area (Å²) in [6.45, 7) is 2.00. The van der Waals surface area contributed by atoms with Crippen LogP contribution in [-0.2, 0) is 14.8 Å². The highest BCUT2D eigenvalue weighted by molar-refractivity contribution is 7.89. The zero-order chi connectivity index (χ0) is 13.6. The molecule has 1 aliphatic rings. The van der Waals surface area contributed by atoms with Crippen LogP contribution in [0.1, 0.15) is 19.3 Å². The van der Waals surface area contributed by atoms with E-state index in [0.717, 1.165) is 32.4 Å². The van der Waals surface area contributed by atoms with Gasteiger partial charge >= 0.3 is 0 Å². The van der Waals surface area contributed by atoms with Crippen molar-refractivity contribution in [3.05, 3.63) is 0 Å². The third-order valence-electron chi connectivity index (χ3n) is 3.16. The number of nitrogens with zero attached hydrogens (tertiary/aromatic N) is 1. The Morgan fingerprint density at radius 2 is 2.06 bits per heavy atom. The van der Waals surface area contributed by atoms with Crippen LogP contribution >= 0.6 is 0 Å². The third kappa shape index (κ3) is 4.91. The molecule has 1 amide bonds. The highest BCUT2D eigenvalue weighted by Crippen LogP contribution is 2.13. The first-order chi connectivity index (χ1) is 8.43. The summed E-state index contributed by atoms with van der Waals surface area (Å²) < 4.78 is 24.2. The van der Waals surface area contributed by atoms with Crippen molar-refractivity contribution in [1.29, 1.82) is 0 Å². The van der Waals surface area contributed by atoms with E-state index in [0.29, 0.717) is 0 Å². The minimum Gasteiger partial charge on any atom is -0.355 e. The molecule has 1 atom stereocenters. The molecule has 1 heterocycles. The lowest BCUT2D eigenvalue weighted by atomic mass is 10.00. The molecule has 6 nitrogen and oxygen atoms in total. The molecule has 2 N–H and O–H groups in total. The minimum absolute atomic E-state index is 0.0158. The molecule has 0 saturated carbocycles.